The van der Waals surface area contributed by atoms with Crippen molar-refractivity contribution in [2.75, 3.05) is 13.2 Å². The van der Waals surface area contributed by atoms with Crippen LogP contribution in [-0.2, 0) is 13.6 Å². The molecule has 0 aliphatic carbocycles. The van der Waals surface area contributed by atoms with E-state index in [4.69, 9.17) is 16.3 Å². The first-order valence-electron chi connectivity index (χ1n) is 7.98. The second kappa shape index (κ2) is 6.08. The lowest BCUT2D eigenvalue weighted by molar-refractivity contribution is 0.0724. The molecule has 25 heavy (non-hydrogen) atoms. The van der Waals surface area contributed by atoms with Crippen molar-refractivity contribution in [2.24, 2.45) is 7.05 Å². The fourth-order valence-electron chi connectivity index (χ4n) is 3.22. The zero-order valence-corrected chi connectivity index (χ0v) is 14.4. The van der Waals surface area contributed by atoms with Crippen molar-refractivity contribution < 1.29 is 13.9 Å². The molecule has 128 valence electrons. The summed E-state index contributed by atoms with van der Waals surface area (Å²) < 4.78 is 21.0. The van der Waals surface area contributed by atoms with Gasteiger partial charge in [-0.3, -0.25) is 4.79 Å². The fourth-order valence-corrected chi connectivity index (χ4v) is 3.42. The minimum atomic E-state index is -0.316. The Hall–Kier alpha value is -2.53. The van der Waals surface area contributed by atoms with Crippen molar-refractivity contribution in [1.29, 1.82) is 0 Å². The molecule has 1 aliphatic rings. The first kappa shape index (κ1) is 16.0. The van der Waals surface area contributed by atoms with Gasteiger partial charge >= 0.3 is 0 Å². The van der Waals surface area contributed by atoms with Crippen molar-refractivity contribution in [3.63, 3.8) is 0 Å². The monoisotopic (exact) mass is 358 g/mol. The average Bonchev–Trinajstić information content (AvgIpc) is 2.77. The first-order valence-corrected chi connectivity index (χ1v) is 8.36. The number of aryl methyl sites for hydroxylation is 1. The SMILES string of the molecule is Cn1c(C(=O)N2CCOc3ccc(Cl)cc3C2)cc2cc(F)ccc21. The third-order valence-corrected chi connectivity index (χ3v) is 4.75. The largest absolute Gasteiger partial charge is 0.491 e. The summed E-state index contributed by atoms with van der Waals surface area (Å²) in [6.45, 7) is 1.31. The molecule has 0 bridgehead atoms. The lowest BCUT2D eigenvalue weighted by atomic mass is 10.2. The highest BCUT2D eigenvalue weighted by Crippen LogP contribution is 2.28. The molecule has 0 unspecified atom stereocenters. The molecule has 0 radical (unpaired) electrons. The van der Waals surface area contributed by atoms with Crippen molar-refractivity contribution >= 4 is 28.4 Å². The summed E-state index contributed by atoms with van der Waals surface area (Å²) in [7, 11) is 1.81. The van der Waals surface area contributed by atoms with Gasteiger partial charge in [-0.15, -0.1) is 0 Å². The number of carbonyl (C=O) groups is 1. The molecule has 0 spiro atoms. The molecule has 1 aliphatic heterocycles. The molecule has 3 aromatic rings. The Morgan fingerprint density at radius 1 is 1.20 bits per heavy atom. The Labute approximate surface area is 149 Å². The molecular weight excluding hydrogens is 343 g/mol. The van der Waals surface area contributed by atoms with Crippen LogP contribution in [0.25, 0.3) is 10.9 Å². The van der Waals surface area contributed by atoms with Gasteiger partial charge in [0.1, 0.15) is 23.9 Å². The second-order valence-corrected chi connectivity index (χ2v) is 6.56. The van der Waals surface area contributed by atoms with Crippen molar-refractivity contribution in [1.82, 2.24) is 9.47 Å². The van der Waals surface area contributed by atoms with Crippen LogP contribution in [0, 0.1) is 5.82 Å². The van der Waals surface area contributed by atoms with Gasteiger partial charge in [-0.2, -0.15) is 0 Å². The standard InChI is InChI=1S/C19H16ClFN2O2/c1-22-16-4-3-15(21)9-12(16)10-17(22)19(24)23-6-7-25-18-5-2-14(20)8-13(18)11-23/h2-5,8-10H,6-7,11H2,1H3. The van der Waals surface area contributed by atoms with Crippen LogP contribution < -0.4 is 4.74 Å². The van der Waals surface area contributed by atoms with E-state index in [1.54, 1.807) is 27.7 Å². The van der Waals surface area contributed by atoms with Crippen LogP contribution in [0.15, 0.2) is 42.5 Å². The predicted molar refractivity (Wildman–Crippen MR) is 94.6 cm³/mol. The minimum absolute atomic E-state index is 0.115. The topological polar surface area (TPSA) is 34.5 Å². The minimum Gasteiger partial charge on any atom is -0.491 e. The third kappa shape index (κ3) is 2.85. The Morgan fingerprint density at radius 3 is 2.88 bits per heavy atom. The van der Waals surface area contributed by atoms with Gasteiger partial charge < -0.3 is 14.2 Å². The number of nitrogens with zero attached hydrogens (tertiary/aromatic N) is 2. The Balaban J connectivity index is 1.70. The number of hydrogen-bond acceptors (Lipinski definition) is 2. The van der Waals surface area contributed by atoms with E-state index in [9.17, 15) is 9.18 Å². The summed E-state index contributed by atoms with van der Waals surface area (Å²) in [4.78, 5) is 14.8. The maximum atomic E-state index is 13.5. The van der Waals surface area contributed by atoms with Crippen LogP contribution in [0.4, 0.5) is 4.39 Å². The van der Waals surface area contributed by atoms with Gasteiger partial charge in [0.05, 0.1) is 6.54 Å². The zero-order chi connectivity index (χ0) is 17.6. The van der Waals surface area contributed by atoms with E-state index in [2.05, 4.69) is 0 Å². The quantitative estimate of drug-likeness (QED) is 0.659. The number of aromatic nitrogens is 1. The van der Waals surface area contributed by atoms with E-state index in [-0.39, 0.29) is 11.7 Å². The molecule has 2 heterocycles. The van der Waals surface area contributed by atoms with Crippen LogP contribution in [0.3, 0.4) is 0 Å². The van der Waals surface area contributed by atoms with Crippen molar-refractivity contribution in [3.05, 3.63) is 64.6 Å². The number of benzene rings is 2. The maximum absolute atomic E-state index is 13.5. The van der Waals surface area contributed by atoms with Crippen LogP contribution >= 0.6 is 11.6 Å². The molecule has 0 fully saturated rings. The highest BCUT2D eigenvalue weighted by Gasteiger charge is 2.24. The lowest BCUT2D eigenvalue weighted by Gasteiger charge is -2.20. The molecule has 1 aromatic heterocycles. The van der Waals surface area contributed by atoms with Crippen LogP contribution in [0.5, 0.6) is 5.75 Å². The summed E-state index contributed by atoms with van der Waals surface area (Å²) in [6.07, 6.45) is 0. The van der Waals surface area contributed by atoms with Gasteiger partial charge in [0.2, 0.25) is 0 Å². The van der Waals surface area contributed by atoms with Gasteiger partial charge in [0.25, 0.3) is 5.91 Å². The van der Waals surface area contributed by atoms with Gasteiger partial charge in [-0.05, 0) is 42.5 Å². The van der Waals surface area contributed by atoms with Gasteiger partial charge in [0, 0.05) is 35.1 Å². The van der Waals surface area contributed by atoms with Crippen LogP contribution in [-0.4, -0.2) is 28.5 Å². The summed E-state index contributed by atoms with van der Waals surface area (Å²) in [5.74, 6) is 0.318. The lowest BCUT2D eigenvalue weighted by Crippen LogP contribution is -2.33. The number of fused-ring (bicyclic) bond motifs is 2. The summed E-state index contributed by atoms with van der Waals surface area (Å²) >= 11 is 6.07. The molecular formula is C19H16ClFN2O2. The van der Waals surface area contributed by atoms with Gasteiger partial charge in [-0.25, -0.2) is 4.39 Å². The molecule has 4 nitrogen and oxygen atoms in total. The molecule has 1 amide bonds. The summed E-state index contributed by atoms with van der Waals surface area (Å²) in [5, 5.41) is 1.32. The van der Waals surface area contributed by atoms with E-state index >= 15 is 0 Å². The fraction of sp³-hybridized carbons (Fsp3) is 0.211. The highest BCUT2D eigenvalue weighted by molar-refractivity contribution is 6.30. The summed E-state index contributed by atoms with van der Waals surface area (Å²) in [5.41, 5.74) is 2.22. The molecule has 0 atom stereocenters. The van der Waals surface area contributed by atoms with Crippen molar-refractivity contribution in [2.45, 2.75) is 6.54 Å². The van der Waals surface area contributed by atoms with Crippen LogP contribution in [0.1, 0.15) is 16.1 Å². The molecule has 6 heteroatoms. The third-order valence-electron chi connectivity index (χ3n) is 4.51. The van der Waals surface area contributed by atoms with E-state index < -0.39 is 0 Å². The molecule has 2 aromatic carbocycles. The van der Waals surface area contributed by atoms with Gasteiger partial charge in [0.15, 0.2) is 0 Å². The number of amides is 1. The molecule has 0 saturated carbocycles. The van der Waals surface area contributed by atoms with Gasteiger partial charge in [-0.1, -0.05) is 11.6 Å². The highest BCUT2D eigenvalue weighted by atomic mass is 35.5. The Bertz CT molecular complexity index is 983. The number of ether oxygens (including phenoxy) is 1. The first-order chi connectivity index (χ1) is 12.0. The Morgan fingerprint density at radius 2 is 2.04 bits per heavy atom. The number of hydrogen-bond donors (Lipinski definition) is 0. The number of rotatable bonds is 1. The average molecular weight is 359 g/mol. The van der Waals surface area contributed by atoms with Crippen molar-refractivity contribution in [3.8, 4) is 5.75 Å². The second-order valence-electron chi connectivity index (χ2n) is 6.12. The van der Waals surface area contributed by atoms with E-state index in [0.29, 0.717) is 35.8 Å². The normalized spacial score (nSPS) is 14.1. The molecule has 0 N–H and O–H groups in total. The molecule has 0 saturated heterocycles. The maximum Gasteiger partial charge on any atom is 0.270 e. The van der Waals surface area contributed by atoms with Crippen LogP contribution in [0.2, 0.25) is 5.02 Å². The Kier molecular flexibility index (Phi) is 3.88. The number of halogens is 2. The van der Waals surface area contributed by atoms with E-state index in [0.717, 1.165) is 16.8 Å². The molecule has 4 rings (SSSR count). The zero-order valence-electron chi connectivity index (χ0n) is 13.6. The smallest absolute Gasteiger partial charge is 0.270 e. The van der Waals surface area contributed by atoms with E-state index in [1.165, 1.54) is 12.1 Å². The number of carbonyl (C=O) groups excluding carboxylic acids is 1. The summed E-state index contributed by atoms with van der Waals surface area (Å²) in [6, 6.07) is 11.7. The van der Waals surface area contributed by atoms with E-state index in [1.807, 2.05) is 19.2 Å². The predicted octanol–water partition coefficient (Wildman–Crippen LogP) is 4.01.